The summed E-state index contributed by atoms with van der Waals surface area (Å²) < 4.78 is 5.30. The van der Waals surface area contributed by atoms with E-state index in [2.05, 4.69) is 0 Å². The molecule has 15 heavy (non-hydrogen) atoms. The number of aliphatic hydroxyl groups is 1. The normalized spacial score (nSPS) is 26.5. The molecule has 1 atom stereocenters. The van der Waals surface area contributed by atoms with Gasteiger partial charge >= 0.3 is 0 Å². The van der Waals surface area contributed by atoms with Crippen LogP contribution in [0.2, 0.25) is 5.02 Å². The minimum Gasteiger partial charge on any atom is -0.387 e. The van der Waals surface area contributed by atoms with E-state index in [-0.39, 0.29) is 0 Å². The molecule has 82 valence electrons. The van der Waals surface area contributed by atoms with Gasteiger partial charge < -0.3 is 9.84 Å². The Balaban J connectivity index is 2.10. The molecule has 1 aliphatic rings. The van der Waals surface area contributed by atoms with Gasteiger partial charge in [0.2, 0.25) is 0 Å². The molecule has 0 amide bonds. The zero-order valence-electron chi connectivity index (χ0n) is 8.58. The van der Waals surface area contributed by atoms with Crippen LogP contribution in [0.4, 0.5) is 0 Å². The highest BCUT2D eigenvalue weighted by Gasteiger charge is 2.30. The number of halogens is 1. The quantitative estimate of drug-likeness (QED) is 0.840. The lowest BCUT2D eigenvalue weighted by molar-refractivity contribution is -0.0844. The van der Waals surface area contributed by atoms with Crippen molar-refractivity contribution in [1.82, 2.24) is 0 Å². The predicted molar refractivity (Wildman–Crippen MR) is 60.2 cm³/mol. The minimum atomic E-state index is -0.733. The minimum absolute atomic E-state index is 0.415. The van der Waals surface area contributed by atoms with E-state index in [1.54, 1.807) is 0 Å². The standard InChI is InChI=1S/C12H15ClO2/c13-11-5-2-1-4-10(11)8-12(14)6-3-7-15-9-12/h1-2,4-5,14H,3,6-9H2. The molecule has 0 bridgehead atoms. The zero-order valence-corrected chi connectivity index (χ0v) is 9.33. The zero-order chi connectivity index (χ0) is 10.7. The van der Waals surface area contributed by atoms with Crippen molar-refractivity contribution in [2.75, 3.05) is 13.2 Å². The number of rotatable bonds is 2. The molecule has 0 aliphatic carbocycles. The van der Waals surface area contributed by atoms with Gasteiger partial charge in [-0.1, -0.05) is 29.8 Å². The van der Waals surface area contributed by atoms with Crippen LogP contribution in [-0.2, 0) is 11.2 Å². The Morgan fingerprint density at radius 2 is 2.20 bits per heavy atom. The maximum absolute atomic E-state index is 10.3. The molecule has 1 unspecified atom stereocenters. The second-order valence-electron chi connectivity index (χ2n) is 4.15. The van der Waals surface area contributed by atoms with Gasteiger partial charge in [0.25, 0.3) is 0 Å². The molecule has 1 N–H and O–H groups in total. The van der Waals surface area contributed by atoms with Gasteiger partial charge in [0.15, 0.2) is 0 Å². The molecular formula is C12H15ClO2. The van der Waals surface area contributed by atoms with Gasteiger partial charge in [-0.05, 0) is 24.5 Å². The number of benzene rings is 1. The first-order chi connectivity index (χ1) is 7.20. The van der Waals surface area contributed by atoms with Gasteiger partial charge in [-0.3, -0.25) is 0 Å². The van der Waals surface area contributed by atoms with E-state index in [9.17, 15) is 5.11 Å². The molecular weight excluding hydrogens is 212 g/mol. The summed E-state index contributed by atoms with van der Waals surface area (Å²) in [6.07, 6.45) is 2.28. The molecule has 3 heteroatoms. The Bertz CT molecular complexity index is 332. The average Bonchev–Trinajstić information content (AvgIpc) is 2.22. The van der Waals surface area contributed by atoms with Crippen molar-refractivity contribution in [3.63, 3.8) is 0 Å². The molecule has 1 heterocycles. The van der Waals surface area contributed by atoms with Crippen LogP contribution in [0.5, 0.6) is 0 Å². The van der Waals surface area contributed by atoms with Crippen molar-refractivity contribution in [3.05, 3.63) is 34.9 Å². The SMILES string of the molecule is OC1(Cc2ccccc2Cl)CCCOC1. The fourth-order valence-electron chi connectivity index (χ4n) is 1.97. The van der Waals surface area contributed by atoms with E-state index in [0.717, 1.165) is 30.0 Å². The molecule has 1 fully saturated rings. The van der Waals surface area contributed by atoms with Crippen molar-refractivity contribution in [2.24, 2.45) is 0 Å². The van der Waals surface area contributed by atoms with E-state index in [4.69, 9.17) is 16.3 Å². The number of hydrogen-bond donors (Lipinski definition) is 1. The summed E-state index contributed by atoms with van der Waals surface area (Å²) in [6.45, 7) is 1.17. The largest absolute Gasteiger partial charge is 0.387 e. The van der Waals surface area contributed by atoms with Crippen LogP contribution >= 0.6 is 11.6 Å². The monoisotopic (exact) mass is 226 g/mol. The van der Waals surface area contributed by atoms with Gasteiger partial charge in [0.05, 0.1) is 12.2 Å². The van der Waals surface area contributed by atoms with Crippen molar-refractivity contribution in [2.45, 2.75) is 24.9 Å². The molecule has 0 radical (unpaired) electrons. The Morgan fingerprint density at radius 3 is 2.87 bits per heavy atom. The fraction of sp³-hybridized carbons (Fsp3) is 0.500. The molecule has 2 rings (SSSR count). The highest BCUT2D eigenvalue weighted by atomic mass is 35.5. The smallest absolute Gasteiger partial charge is 0.0921 e. The lowest BCUT2D eigenvalue weighted by Crippen LogP contribution is -2.40. The number of ether oxygens (including phenoxy) is 1. The second kappa shape index (κ2) is 4.52. The van der Waals surface area contributed by atoms with Crippen LogP contribution in [0.25, 0.3) is 0 Å². The Kier molecular flexibility index (Phi) is 3.29. The third kappa shape index (κ3) is 2.71. The Morgan fingerprint density at radius 1 is 1.40 bits per heavy atom. The third-order valence-corrected chi connectivity index (χ3v) is 3.15. The lowest BCUT2D eigenvalue weighted by Gasteiger charge is -2.32. The van der Waals surface area contributed by atoms with Gasteiger partial charge in [-0.15, -0.1) is 0 Å². The Labute approximate surface area is 94.8 Å². The summed E-state index contributed by atoms with van der Waals surface area (Å²) in [5, 5.41) is 11.0. The van der Waals surface area contributed by atoms with Gasteiger partial charge in [-0.25, -0.2) is 0 Å². The van der Waals surface area contributed by atoms with Crippen molar-refractivity contribution in [3.8, 4) is 0 Å². The van der Waals surface area contributed by atoms with Crippen molar-refractivity contribution < 1.29 is 9.84 Å². The van der Waals surface area contributed by atoms with Crippen LogP contribution in [0.15, 0.2) is 24.3 Å². The first kappa shape index (κ1) is 10.9. The van der Waals surface area contributed by atoms with E-state index in [0.29, 0.717) is 13.0 Å². The highest BCUT2D eigenvalue weighted by Crippen LogP contribution is 2.26. The van der Waals surface area contributed by atoms with E-state index in [1.165, 1.54) is 0 Å². The van der Waals surface area contributed by atoms with E-state index in [1.807, 2.05) is 24.3 Å². The predicted octanol–water partition coefficient (Wildman–Crippen LogP) is 2.42. The van der Waals surface area contributed by atoms with Crippen LogP contribution in [-0.4, -0.2) is 23.9 Å². The first-order valence-corrected chi connectivity index (χ1v) is 5.61. The van der Waals surface area contributed by atoms with E-state index >= 15 is 0 Å². The van der Waals surface area contributed by atoms with Crippen molar-refractivity contribution in [1.29, 1.82) is 0 Å². The van der Waals surface area contributed by atoms with Crippen molar-refractivity contribution >= 4 is 11.6 Å². The van der Waals surface area contributed by atoms with Gasteiger partial charge in [0.1, 0.15) is 0 Å². The molecule has 1 aromatic rings. The first-order valence-electron chi connectivity index (χ1n) is 5.23. The lowest BCUT2D eigenvalue weighted by atomic mass is 9.89. The maximum Gasteiger partial charge on any atom is 0.0921 e. The summed E-state index contributed by atoms with van der Waals surface area (Å²) in [7, 11) is 0. The summed E-state index contributed by atoms with van der Waals surface area (Å²) in [4.78, 5) is 0. The molecule has 1 aromatic carbocycles. The van der Waals surface area contributed by atoms with Crippen LogP contribution in [0.1, 0.15) is 18.4 Å². The fourth-order valence-corrected chi connectivity index (χ4v) is 2.18. The molecule has 0 saturated carbocycles. The Hall–Kier alpha value is -0.570. The average molecular weight is 227 g/mol. The summed E-state index contributed by atoms with van der Waals surface area (Å²) in [5.41, 5.74) is 0.260. The molecule has 0 aromatic heterocycles. The third-order valence-electron chi connectivity index (χ3n) is 2.78. The molecule has 2 nitrogen and oxygen atoms in total. The van der Waals surface area contributed by atoms with Gasteiger partial charge in [0, 0.05) is 18.1 Å². The molecule has 1 saturated heterocycles. The summed E-state index contributed by atoms with van der Waals surface area (Å²) in [6, 6.07) is 7.64. The summed E-state index contributed by atoms with van der Waals surface area (Å²) >= 11 is 6.05. The van der Waals surface area contributed by atoms with Crippen LogP contribution < -0.4 is 0 Å². The van der Waals surface area contributed by atoms with E-state index < -0.39 is 5.60 Å². The van der Waals surface area contributed by atoms with Crippen LogP contribution in [0, 0.1) is 0 Å². The molecule has 0 spiro atoms. The maximum atomic E-state index is 10.3. The highest BCUT2D eigenvalue weighted by molar-refractivity contribution is 6.31. The summed E-state index contributed by atoms with van der Waals surface area (Å²) in [5.74, 6) is 0. The topological polar surface area (TPSA) is 29.5 Å². The number of hydrogen-bond acceptors (Lipinski definition) is 2. The second-order valence-corrected chi connectivity index (χ2v) is 4.56. The molecule has 1 aliphatic heterocycles. The van der Waals surface area contributed by atoms with Crippen LogP contribution in [0.3, 0.4) is 0 Å². The van der Waals surface area contributed by atoms with Gasteiger partial charge in [-0.2, -0.15) is 0 Å².